The van der Waals surface area contributed by atoms with E-state index in [4.69, 9.17) is 14.2 Å². The van der Waals surface area contributed by atoms with Gasteiger partial charge in [-0.15, -0.1) is 0 Å². The lowest BCUT2D eigenvalue weighted by Crippen LogP contribution is -2.50. The van der Waals surface area contributed by atoms with Crippen molar-refractivity contribution in [2.45, 2.75) is 92.0 Å². The Bertz CT molecular complexity index is 1410. The first-order valence-corrected chi connectivity index (χ1v) is 15.7. The molecular formula is C24H30N4O7S2. The van der Waals surface area contributed by atoms with Crippen molar-refractivity contribution in [2.75, 3.05) is 7.11 Å². The molecule has 2 aliphatic carbocycles. The van der Waals surface area contributed by atoms with Gasteiger partial charge in [-0.1, -0.05) is 0 Å². The highest BCUT2D eigenvalue weighted by Crippen LogP contribution is 2.45. The van der Waals surface area contributed by atoms with E-state index >= 15 is 0 Å². The maximum Gasteiger partial charge on any atom is 0.269 e. The van der Waals surface area contributed by atoms with Crippen molar-refractivity contribution in [2.24, 2.45) is 0 Å². The molecule has 11 nitrogen and oxygen atoms in total. The fraction of sp³-hybridized carbons (Fsp3) is 0.625. The van der Waals surface area contributed by atoms with Crippen LogP contribution in [0.2, 0.25) is 0 Å². The number of nitrogens with zero attached hydrogens (tertiary/aromatic N) is 4. The highest BCUT2D eigenvalue weighted by molar-refractivity contribution is 7.92. The van der Waals surface area contributed by atoms with Gasteiger partial charge in [-0.05, 0) is 57.6 Å². The number of aromatic nitrogens is 3. The molecule has 4 heterocycles. The van der Waals surface area contributed by atoms with Gasteiger partial charge < -0.3 is 14.2 Å². The lowest BCUT2D eigenvalue weighted by molar-refractivity contribution is 0.0881. The van der Waals surface area contributed by atoms with Gasteiger partial charge in [0.25, 0.3) is 11.8 Å². The van der Waals surface area contributed by atoms with E-state index in [0.29, 0.717) is 37.1 Å². The minimum absolute atomic E-state index is 0.0446. The monoisotopic (exact) mass is 550 g/mol. The third-order valence-electron chi connectivity index (χ3n) is 7.56. The highest BCUT2D eigenvalue weighted by atomic mass is 32.2. The topological polar surface area (TPSA) is 138 Å². The lowest BCUT2D eigenvalue weighted by atomic mass is 10.0. The Morgan fingerprint density at radius 2 is 1.54 bits per heavy atom. The summed E-state index contributed by atoms with van der Waals surface area (Å²) in [6, 6.07) is 2.89. The Morgan fingerprint density at radius 3 is 2.14 bits per heavy atom. The van der Waals surface area contributed by atoms with Crippen LogP contribution in [0.25, 0.3) is 0 Å². The van der Waals surface area contributed by atoms with E-state index < -0.39 is 19.9 Å². The van der Waals surface area contributed by atoms with Gasteiger partial charge in [0.05, 0.1) is 23.3 Å². The minimum Gasteiger partial charge on any atom is -0.487 e. The third-order valence-corrected chi connectivity index (χ3v) is 12.2. The molecule has 2 bridgehead atoms. The average molecular weight is 551 g/mol. The molecule has 0 aromatic carbocycles. The summed E-state index contributed by atoms with van der Waals surface area (Å²) >= 11 is 0. The van der Waals surface area contributed by atoms with E-state index in [9.17, 15) is 16.8 Å². The van der Waals surface area contributed by atoms with Crippen LogP contribution in [0.4, 0.5) is 0 Å². The van der Waals surface area contributed by atoms with Crippen LogP contribution in [0.5, 0.6) is 23.3 Å². The van der Waals surface area contributed by atoms with Crippen LogP contribution in [0.1, 0.15) is 57.1 Å². The molecule has 37 heavy (non-hydrogen) atoms. The van der Waals surface area contributed by atoms with Gasteiger partial charge in [0.2, 0.25) is 15.8 Å². The second-order valence-corrected chi connectivity index (χ2v) is 14.6. The van der Waals surface area contributed by atoms with Gasteiger partial charge >= 0.3 is 0 Å². The summed E-state index contributed by atoms with van der Waals surface area (Å²) in [5, 5.41) is -0.512. The standard InChI is InChI=1S/C24H30N4O7S2/c1-14-20(9-10-21(27-14)36(29,30)18-5-6-18)35-24-22(33-2)23(25-13-26-24)34-17-11-15-3-4-16(12-17)28(15)37(31,32)19-7-8-19/h9-10,13,15-19H,3-8,11-12H2,1-2H3/t15-,16?,17+/m0/s1. The van der Waals surface area contributed by atoms with Gasteiger partial charge in [0, 0.05) is 24.9 Å². The molecule has 0 spiro atoms. The fourth-order valence-electron chi connectivity index (χ4n) is 5.41. The molecule has 2 aliphatic heterocycles. The predicted octanol–water partition coefficient (Wildman–Crippen LogP) is 2.78. The van der Waals surface area contributed by atoms with E-state index in [1.165, 1.54) is 19.5 Å². The number of hydrogen-bond donors (Lipinski definition) is 0. The number of rotatable bonds is 9. The van der Waals surface area contributed by atoms with E-state index in [1.54, 1.807) is 17.3 Å². The number of aryl methyl sites for hydroxylation is 1. The molecule has 0 amide bonds. The van der Waals surface area contributed by atoms with Crippen molar-refractivity contribution in [3.05, 3.63) is 24.2 Å². The molecule has 3 atom stereocenters. The zero-order valence-electron chi connectivity index (χ0n) is 20.7. The van der Waals surface area contributed by atoms with E-state index in [-0.39, 0.29) is 51.2 Å². The van der Waals surface area contributed by atoms with Gasteiger partial charge in [0.15, 0.2) is 20.6 Å². The molecule has 2 aromatic heterocycles. The van der Waals surface area contributed by atoms with Crippen LogP contribution in [0.3, 0.4) is 0 Å². The van der Waals surface area contributed by atoms with Crippen molar-refractivity contribution < 1.29 is 31.0 Å². The molecule has 6 rings (SSSR count). The molecule has 2 aromatic rings. The molecule has 0 N–H and O–H groups in total. The summed E-state index contributed by atoms with van der Waals surface area (Å²) in [7, 11) is -5.18. The molecule has 1 unspecified atom stereocenters. The first-order chi connectivity index (χ1) is 17.7. The Morgan fingerprint density at radius 1 is 0.892 bits per heavy atom. The smallest absolute Gasteiger partial charge is 0.269 e. The fourth-order valence-corrected chi connectivity index (χ4v) is 9.32. The van der Waals surface area contributed by atoms with Crippen LogP contribution < -0.4 is 14.2 Å². The van der Waals surface area contributed by atoms with Crippen LogP contribution in [-0.2, 0) is 19.9 Å². The SMILES string of the molecule is COc1c(Oc2ccc(S(=O)(=O)C3CC3)nc2C)ncnc1O[C@H]1CC2CC[C@@H](C1)N2S(=O)(=O)C1CC1. The maximum absolute atomic E-state index is 12.9. The zero-order valence-corrected chi connectivity index (χ0v) is 22.4. The van der Waals surface area contributed by atoms with Crippen molar-refractivity contribution in [3.8, 4) is 23.3 Å². The molecule has 4 aliphatic rings. The number of hydrogen-bond acceptors (Lipinski definition) is 10. The Balaban J connectivity index is 1.19. The van der Waals surface area contributed by atoms with Crippen LogP contribution in [0.15, 0.2) is 23.5 Å². The summed E-state index contributed by atoms with van der Waals surface area (Å²) in [6.45, 7) is 1.67. The third kappa shape index (κ3) is 4.54. The second-order valence-electron chi connectivity index (χ2n) is 10.3. The summed E-state index contributed by atoms with van der Waals surface area (Å²) in [5.74, 6) is 0.882. The largest absolute Gasteiger partial charge is 0.487 e. The predicted molar refractivity (Wildman–Crippen MR) is 132 cm³/mol. The average Bonchev–Trinajstić information content (AvgIpc) is 3.76. The number of sulfone groups is 1. The van der Waals surface area contributed by atoms with Gasteiger partial charge in [-0.2, -0.15) is 14.3 Å². The normalized spacial score (nSPS) is 26.2. The van der Waals surface area contributed by atoms with Crippen LogP contribution in [-0.4, -0.2) is 71.9 Å². The Labute approximate surface area is 216 Å². The van der Waals surface area contributed by atoms with Gasteiger partial charge in [-0.3, -0.25) is 0 Å². The first kappa shape index (κ1) is 24.8. The number of methoxy groups -OCH3 is 1. The van der Waals surface area contributed by atoms with E-state index in [1.807, 2.05) is 0 Å². The molecule has 200 valence electrons. The van der Waals surface area contributed by atoms with E-state index in [0.717, 1.165) is 25.7 Å². The van der Waals surface area contributed by atoms with Crippen molar-refractivity contribution >= 4 is 19.9 Å². The molecule has 4 fully saturated rings. The quantitative estimate of drug-likeness (QED) is 0.458. The summed E-state index contributed by atoms with van der Waals surface area (Å²) in [6.07, 6.45) is 6.80. The number of fused-ring (bicyclic) bond motifs is 2. The van der Waals surface area contributed by atoms with Crippen LogP contribution >= 0.6 is 0 Å². The van der Waals surface area contributed by atoms with Crippen molar-refractivity contribution in [3.63, 3.8) is 0 Å². The number of pyridine rings is 1. The second kappa shape index (κ2) is 9.05. The highest BCUT2D eigenvalue weighted by Gasteiger charge is 2.52. The van der Waals surface area contributed by atoms with Crippen LogP contribution in [0, 0.1) is 6.92 Å². The molecule has 13 heteroatoms. The summed E-state index contributed by atoms with van der Waals surface area (Å²) in [4.78, 5) is 12.7. The molecular weight excluding hydrogens is 520 g/mol. The Kier molecular flexibility index (Phi) is 6.07. The van der Waals surface area contributed by atoms with Gasteiger partial charge in [0.1, 0.15) is 12.4 Å². The van der Waals surface area contributed by atoms with E-state index in [2.05, 4.69) is 15.0 Å². The van der Waals surface area contributed by atoms with Crippen molar-refractivity contribution in [1.82, 2.24) is 19.3 Å². The maximum atomic E-state index is 12.9. The number of sulfonamides is 1. The minimum atomic E-state index is -3.41. The molecule has 2 saturated heterocycles. The number of piperidine rings is 1. The van der Waals surface area contributed by atoms with Crippen molar-refractivity contribution in [1.29, 1.82) is 0 Å². The lowest BCUT2D eigenvalue weighted by Gasteiger charge is -2.37. The number of ether oxygens (including phenoxy) is 3. The molecule has 2 saturated carbocycles. The summed E-state index contributed by atoms with van der Waals surface area (Å²) < 4.78 is 70.3. The van der Waals surface area contributed by atoms with Gasteiger partial charge in [-0.25, -0.2) is 21.8 Å². The summed E-state index contributed by atoms with van der Waals surface area (Å²) in [5.41, 5.74) is 0.408. The Hall–Kier alpha value is -2.51. The zero-order chi connectivity index (χ0) is 25.9. The first-order valence-electron chi connectivity index (χ1n) is 12.7. The molecule has 0 radical (unpaired) electrons.